The molecule has 0 aliphatic rings. The molecule has 0 unspecified atom stereocenters. The van der Waals surface area contributed by atoms with Crippen LogP contribution in [-0.4, -0.2) is 12.6 Å². The molecule has 1 atom stereocenters. The Morgan fingerprint density at radius 2 is 2.07 bits per heavy atom. The van der Waals surface area contributed by atoms with Gasteiger partial charge in [-0.1, -0.05) is 43.3 Å². The van der Waals surface area contributed by atoms with Crippen molar-refractivity contribution >= 4 is 5.97 Å². The molecule has 0 saturated carbocycles. The van der Waals surface area contributed by atoms with Gasteiger partial charge in [0.05, 0.1) is 6.61 Å². The van der Waals surface area contributed by atoms with Gasteiger partial charge in [0.15, 0.2) is 0 Å². The topological polar surface area (TPSA) is 26.3 Å². The van der Waals surface area contributed by atoms with Crippen molar-refractivity contribution in [2.24, 2.45) is 0 Å². The van der Waals surface area contributed by atoms with Crippen LogP contribution in [0, 0.1) is 0 Å². The molecule has 0 aliphatic heterocycles. The zero-order valence-corrected chi connectivity index (χ0v) is 9.14. The molecule has 0 fully saturated rings. The molecule has 0 N–H and O–H groups in total. The van der Waals surface area contributed by atoms with Crippen molar-refractivity contribution in [3.63, 3.8) is 0 Å². The van der Waals surface area contributed by atoms with Crippen molar-refractivity contribution < 1.29 is 9.53 Å². The third kappa shape index (κ3) is 3.98. The van der Waals surface area contributed by atoms with E-state index in [1.807, 2.05) is 43.3 Å². The Kier molecular flexibility index (Phi) is 4.61. The second kappa shape index (κ2) is 6.02. The first-order valence-electron chi connectivity index (χ1n) is 5.14. The maximum Gasteiger partial charge on any atom is 0.330 e. The van der Waals surface area contributed by atoms with Crippen molar-refractivity contribution in [2.75, 3.05) is 6.61 Å². The summed E-state index contributed by atoms with van der Waals surface area (Å²) < 4.78 is 4.80. The third-order valence-corrected chi connectivity index (χ3v) is 2.13. The molecule has 0 saturated heterocycles. The number of ether oxygens (including phenoxy) is 1. The standard InChI is InChI=1S/C13H16O2/c1-3-15-13(14)10-9-11(2)12-7-5-4-6-8-12/h4-11H,3H2,1-2H3/b10-9+/t11-/m0/s1. The minimum Gasteiger partial charge on any atom is -0.463 e. The number of allylic oxidation sites excluding steroid dienone is 1. The monoisotopic (exact) mass is 204 g/mol. The Hall–Kier alpha value is -1.57. The zero-order chi connectivity index (χ0) is 11.1. The van der Waals surface area contributed by atoms with Gasteiger partial charge in [-0.05, 0) is 18.4 Å². The molecular formula is C13H16O2. The van der Waals surface area contributed by atoms with Crippen molar-refractivity contribution in [2.45, 2.75) is 19.8 Å². The molecule has 0 spiro atoms. The molecule has 1 aromatic carbocycles. The molecule has 0 aliphatic carbocycles. The fourth-order valence-corrected chi connectivity index (χ4v) is 1.28. The molecule has 1 aromatic rings. The number of carbonyl (C=O) groups is 1. The molecule has 0 heterocycles. The summed E-state index contributed by atoms with van der Waals surface area (Å²) in [6.07, 6.45) is 3.34. The molecular weight excluding hydrogens is 188 g/mol. The maximum absolute atomic E-state index is 11.1. The normalized spacial score (nSPS) is 12.7. The number of hydrogen-bond donors (Lipinski definition) is 0. The van der Waals surface area contributed by atoms with E-state index in [1.165, 1.54) is 11.6 Å². The third-order valence-electron chi connectivity index (χ3n) is 2.13. The largest absolute Gasteiger partial charge is 0.463 e. The van der Waals surface area contributed by atoms with E-state index in [4.69, 9.17) is 4.74 Å². The lowest BCUT2D eigenvalue weighted by Gasteiger charge is -2.05. The van der Waals surface area contributed by atoms with Gasteiger partial charge in [-0.25, -0.2) is 4.79 Å². The van der Waals surface area contributed by atoms with Gasteiger partial charge in [0.1, 0.15) is 0 Å². The molecule has 15 heavy (non-hydrogen) atoms. The Balaban J connectivity index is 2.56. The Bertz CT molecular complexity index is 328. The van der Waals surface area contributed by atoms with Crippen molar-refractivity contribution in [1.29, 1.82) is 0 Å². The predicted molar refractivity (Wildman–Crippen MR) is 60.6 cm³/mol. The lowest BCUT2D eigenvalue weighted by molar-refractivity contribution is -0.137. The molecule has 0 amide bonds. The average Bonchev–Trinajstić information content (AvgIpc) is 2.27. The van der Waals surface area contributed by atoms with E-state index >= 15 is 0 Å². The van der Waals surface area contributed by atoms with Crippen LogP contribution in [-0.2, 0) is 9.53 Å². The minimum absolute atomic E-state index is 0.232. The first-order valence-corrected chi connectivity index (χ1v) is 5.14. The maximum atomic E-state index is 11.1. The van der Waals surface area contributed by atoms with Gasteiger partial charge >= 0.3 is 5.97 Å². The summed E-state index contributed by atoms with van der Waals surface area (Å²) in [6, 6.07) is 10.0. The predicted octanol–water partition coefficient (Wildman–Crippen LogP) is 2.91. The van der Waals surface area contributed by atoms with E-state index < -0.39 is 0 Å². The minimum atomic E-state index is -0.278. The van der Waals surface area contributed by atoms with Gasteiger partial charge < -0.3 is 4.74 Å². The molecule has 0 aromatic heterocycles. The van der Waals surface area contributed by atoms with Crippen LogP contribution in [0.4, 0.5) is 0 Å². The van der Waals surface area contributed by atoms with Gasteiger partial charge in [-0.2, -0.15) is 0 Å². The van der Waals surface area contributed by atoms with Gasteiger partial charge in [0.25, 0.3) is 0 Å². The SMILES string of the molecule is CCOC(=O)/C=C/[C@H](C)c1ccccc1. The van der Waals surface area contributed by atoms with Gasteiger partial charge in [0.2, 0.25) is 0 Å². The van der Waals surface area contributed by atoms with Crippen molar-refractivity contribution in [3.05, 3.63) is 48.0 Å². The number of benzene rings is 1. The smallest absolute Gasteiger partial charge is 0.330 e. The highest BCUT2D eigenvalue weighted by atomic mass is 16.5. The molecule has 2 heteroatoms. The van der Waals surface area contributed by atoms with Gasteiger partial charge in [-0.15, -0.1) is 0 Å². The summed E-state index contributed by atoms with van der Waals surface area (Å²) in [7, 11) is 0. The van der Waals surface area contributed by atoms with E-state index in [0.717, 1.165) is 0 Å². The van der Waals surface area contributed by atoms with Crippen LogP contribution < -0.4 is 0 Å². The van der Waals surface area contributed by atoms with Crippen LogP contribution in [0.1, 0.15) is 25.3 Å². The summed E-state index contributed by atoms with van der Waals surface area (Å²) in [5.41, 5.74) is 1.19. The number of rotatable bonds is 4. The Labute approximate surface area is 90.6 Å². The second-order valence-corrected chi connectivity index (χ2v) is 3.31. The second-order valence-electron chi connectivity index (χ2n) is 3.31. The lowest BCUT2D eigenvalue weighted by atomic mass is 10.0. The van der Waals surface area contributed by atoms with Gasteiger partial charge in [-0.3, -0.25) is 0 Å². The van der Waals surface area contributed by atoms with E-state index in [0.29, 0.717) is 6.61 Å². The number of carbonyl (C=O) groups excluding carboxylic acids is 1. The van der Waals surface area contributed by atoms with Crippen LogP contribution in [0.5, 0.6) is 0 Å². The van der Waals surface area contributed by atoms with Crippen LogP contribution in [0.2, 0.25) is 0 Å². The highest BCUT2D eigenvalue weighted by molar-refractivity contribution is 5.82. The molecule has 0 bridgehead atoms. The van der Waals surface area contributed by atoms with Crippen LogP contribution in [0.25, 0.3) is 0 Å². The molecule has 0 radical (unpaired) electrons. The van der Waals surface area contributed by atoms with Crippen molar-refractivity contribution in [1.82, 2.24) is 0 Å². The Morgan fingerprint density at radius 3 is 2.67 bits per heavy atom. The summed E-state index contributed by atoms with van der Waals surface area (Å²) in [4.78, 5) is 11.1. The first-order chi connectivity index (χ1) is 7.24. The summed E-state index contributed by atoms with van der Waals surface area (Å²) >= 11 is 0. The number of esters is 1. The summed E-state index contributed by atoms with van der Waals surface area (Å²) in [5, 5.41) is 0. The summed E-state index contributed by atoms with van der Waals surface area (Å²) in [5.74, 6) is -0.0455. The summed E-state index contributed by atoms with van der Waals surface area (Å²) in [6.45, 7) is 4.26. The average molecular weight is 204 g/mol. The van der Waals surface area contributed by atoms with E-state index in [2.05, 4.69) is 0 Å². The first kappa shape index (κ1) is 11.5. The lowest BCUT2D eigenvalue weighted by Crippen LogP contribution is -2.00. The van der Waals surface area contributed by atoms with E-state index in [1.54, 1.807) is 6.92 Å². The van der Waals surface area contributed by atoms with E-state index in [-0.39, 0.29) is 11.9 Å². The Morgan fingerprint density at radius 1 is 1.40 bits per heavy atom. The fourth-order valence-electron chi connectivity index (χ4n) is 1.28. The van der Waals surface area contributed by atoms with E-state index in [9.17, 15) is 4.79 Å². The highest BCUT2D eigenvalue weighted by Crippen LogP contribution is 2.15. The fraction of sp³-hybridized carbons (Fsp3) is 0.308. The molecule has 1 rings (SSSR count). The van der Waals surface area contributed by atoms with Crippen molar-refractivity contribution in [3.8, 4) is 0 Å². The van der Waals surface area contributed by atoms with Crippen LogP contribution in [0.3, 0.4) is 0 Å². The van der Waals surface area contributed by atoms with Gasteiger partial charge in [0, 0.05) is 6.08 Å². The highest BCUT2D eigenvalue weighted by Gasteiger charge is 2.01. The molecule has 80 valence electrons. The zero-order valence-electron chi connectivity index (χ0n) is 9.14. The van der Waals surface area contributed by atoms with Crippen LogP contribution in [0.15, 0.2) is 42.5 Å². The molecule has 2 nitrogen and oxygen atoms in total. The number of hydrogen-bond acceptors (Lipinski definition) is 2. The quantitative estimate of drug-likeness (QED) is 0.557. The van der Waals surface area contributed by atoms with Crippen LogP contribution >= 0.6 is 0 Å².